The van der Waals surface area contributed by atoms with Gasteiger partial charge in [-0.25, -0.2) is 0 Å². The molecule has 0 aromatic carbocycles. The van der Waals surface area contributed by atoms with Crippen molar-refractivity contribution in [2.75, 3.05) is 0 Å². The van der Waals surface area contributed by atoms with Gasteiger partial charge in [0.1, 0.15) is 0 Å². The summed E-state index contributed by atoms with van der Waals surface area (Å²) < 4.78 is 4.59. The van der Waals surface area contributed by atoms with Crippen molar-refractivity contribution < 1.29 is 14.3 Å². The standard InChI is InChI=1S/C20H36O3/c1-3-4-5-6-7-8-9-10-11-13-17(2)14-12-15-18-16-19(21)23-20(18)22/h17-18H,3-16H2,1-2H3. The van der Waals surface area contributed by atoms with Crippen LogP contribution in [-0.4, -0.2) is 11.9 Å². The summed E-state index contributed by atoms with van der Waals surface area (Å²) in [6.07, 6.45) is 17.0. The lowest BCUT2D eigenvalue weighted by Gasteiger charge is -2.12. The lowest BCUT2D eigenvalue weighted by molar-refractivity contribution is -0.153. The van der Waals surface area contributed by atoms with Gasteiger partial charge in [0.05, 0.1) is 12.3 Å². The van der Waals surface area contributed by atoms with E-state index in [9.17, 15) is 9.59 Å². The van der Waals surface area contributed by atoms with Crippen molar-refractivity contribution in [3.63, 3.8) is 0 Å². The first-order valence-corrected chi connectivity index (χ1v) is 9.88. The molecule has 134 valence electrons. The zero-order chi connectivity index (χ0) is 16.9. The number of hydrogen-bond acceptors (Lipinski definition) is 3. The molecule has 3 heteroatoms. The van der Waals surface area contributed by atoms with E-state index in [1.807, 2.05) is 0 Å². The molecule has 1 fully saturated rings. The van der Waals surface area contributed by atoms with Gasteiger partial charge in [0.2, 0.25) is 0 Å². The third-order valence-corrected chi connectivity index (χ3v) is 5.01. The van der Waals surface area contributed by atoms with Crippen LogP contribution in [0.25, 0.3) is 0 Å². The molecule has 0 saturated carbocycles. The van der Waals surface area contributed by atoms with E-state index >= 15 is 0 Å². The van der Waals surface area contributed by atoms with Crippen LogP contribution in [0.4, 0.5) is 0 Å². The fourth-order valence-electron chi connectivity index (χ4n) is 3.40. The number of carbonyl (C=O) groups is 2. The van der Waals surface area contributed by atoms with E-state index in [0.717, 1.165) is 25.2 Å². The van der Waals surface area contributed by atoms with Crippen molar-refractivity contribution in [3.8, 4) is 0 Å². The molecule has 1 saturated heterocycles. The van der Waals surface area contributed by atoms with E-state index in [1.54, 1.807) is 0 Å². The van der Waals surface area contributed by atoms with E-state index in [2.05, 4.69) is 18.6 Å². The van der Waals surface area contributed by atoms with Crippen LogP contribution >= 0.6 is 0 Å². The van der Waals surface area contributed by atoms with E-state index < -0.39 is 0 Å². The Morgan fingerprint density at radius 2 is 1.48 bits per heavy atom. The molecule has 0 aromatic heterocycles. The van der Waals surface area contributed by atoms with Crippen LogP contribution in [0.1, 0.15) is 104 Å². The molecule has 0 spiro atoms. The minimum absolute atomic E-state index is 0.164. The fourth-order valence-corrected chi connectivity index (χ4v) is 3.40. The lowest BCUT2D eigenvalue weighted by atomic mass is 9.93. The lowest BCUT2D eigenvalue weighted by Crippen LogP contribution is -2.08. The summed E-state index contributed by atoms with van der Waals surface area (Å²) in [6, 6.07) is 0. The van der Waals surface area contributed by atoms with Gasteiger partial charge in [0.25, 0.3) is 0 Å². The molecular formula is C20H36O3. The normalized spacial score (nSPS) is 19.1. The van der Waals surface area contributed by atoms with Gasteiger partial charge >= 0.3 is 11.9 Å². The Morgan fingerprint density at radius 1 is 0.913 bits per heavy atom. The Labute approximate surface area is 142 Å². The van der Waals surface area contributed by atoms with Crippen molar-refractivity contribution in [3.05, 3.63) is 0 Å². The monoisotopic (exact) mass is 324 g/mol. The van der Waals surface area contributed by atoms with Gasteiger partial charge in [-0.1, -0.05) is 90.9 Å². The van der Waals surface area contributed by atoms with Crippen LogP contribution in [0.3, 0.4) is 0 Å². The Kier molecular flexibility index (Phi) is 11.0. The van der Waals surface area contributed by atoms with Gasteiger partial charge in [-0.05, 0) is 12.3 Å². The first-order chi connectivity index (χ1) is 11.1. The predicted octanol–water partition coefficient (Wildman–Crippen LogP) is 5.80. The maximum atomic E-state index is 11.4. The van der Waals surface area contributed by atoms with Crippen LogP contribution in [0.15, 0.2) is 0 Å². The highest BCUT2D eigenvalue weighted by molar-refractivity contribution is 5.94. The Morgan fingerprint density at radius 3 is 2.04 bits per heavy atom. The summed E-state index contributed by atoms with van der Waals surface area (Å²) in [7, 11) is 0. The average Bonchev–Trinajstić information content (AvgIpc) is 2.83. The van der Waals surface area contributed by atoms with Crippen LogP contribution < -0.4 is 0 Å². The maximum Gasteiger partial charge on any atom is 0.317 e. The van der Waals surface area contributed by atoms with E-state index in [-0.39, 0.29) is 17.9 Å². The van der Waals surface area contributed by atoms with E-state index in [4.69, 9.17) is 0 Å². The first kappa shape index (κ1) is 20.2. The fraction of sp³-hybridized carbons (Fsp3) is 0.900. The average molecular weight is 325 g/mol. The zero-order valence-corrected chi connectivity index (χ0v) is 15.3. The molecule has 2 atom stereocenters. The molecule has 1 rings (SSSR count). The highest BCUT2D eigenvalue weighted by Gasteiger charge is 2.32. The highest BCUT2D eigenvalue weighted by Crippen LogP contribution is 2.24. The van der Waals surface area contributed by atoms with Gasteiger partial charge in [-0.15, -0.1) is 0 Å². The summed E-state index contributed by atoms with van der Waals surface area (Å²) >= 11 is 0. The number of rotatable bonds is 14. The third-order valence-electron chi connectivity index (χ3n) is 5.01. The van der Waals surface area contributed by atoms with Gasteiger partial charge in [0.15, 0.2) is 0 Å². The second kappa shape index (κ2) is 12.5. The number of ether oxygens (including phenoxy) is 1. The molecule has 1 aliphatic heterocycles. The van der Waals surface area contributed by atoms with Crippen molar-refractivity contribution in [1.29, 1.82) is 0 Å². The molecule has 1 aliphatic rings. The van der Waals surface area contributed by atoms with Gasteiger partial charge < -0.3 is 4.74 Å². The third kappa shape index (κ3) is 9.78. The number of hydrogen-bond donors (Lipinski definition) is 0. The number of esters is 2. The summed E-state index contributed by atoms with van der Waals surface area (Å²) in [5, 5.41) is 0. The molecule has 0 aliphatic carbocycles. The predicted molar refractivity (Wildman–Crippen MR) is 94.1 cm³/mol. The van der Waals surface area contributed by atoms with Crippen LogP contribution in [0.5, 0.6) is 0 Å². The minimum Gasteiger partial charge on any atom is -0.393 e. The van der Waals surface area contributed by atoms with Crippen molar-refractivity contribution in [2.24, 2.45) is 11.8 Å². The molecule has 1 heterocycles. The van der Waals surface area contributed by atoms with Crippen LogP contribution in [-0.2, 0) is 14.3 Å². The molecular weight excluding hydrogens is 288 g/mol. The largest absolute Gasteiger partial charge is 0.393 e. The Balaban J connectivity index is 1.88. The molecule has 3 nitrogen and oxygen atoms in total. The second-order valence-corrected chi connectivity index (χ2v) is 7.35. The van der Waals surface area contributed by atoms with Crippen molar-refractivity contribution in [2.45, 2.75) is 104 Å². The van der Waals surface area contributed by atoms with Gasteiger partial charge in [-0.2, -0.15) is 0 Å². The molecule has 0 aromatic rings. The topological polar surface area (TPSA) is 43.4 Å². The van der Waals surface area contributed by atoms with Crippen molar-refractivity contribution in [1.82, 2.24) is 0 Å². The number of unbranched alkanes of at least 4 members (excludes halogenated alkanes) is 8. The molecule has 0 bridgehead atoms. The number of carbonyl (C=O) groups excluding carboxylic acids is 2. The summed E-state index contributed by atoms with van der Waals surface area (Å²) in [6.45, 7) is 4.57. The summed E-state index contributed by atoms with van der Waals surface area (Å²) in [5.74, 6) is -0.0839. The highest BCUT2D eigenvalue weighted by atomic mass is 16.6. The van der Waals surface area contributed by atoms with E-state index in [1.165, 1.54) is 64.2 Å². The first-order valence-electron chi connectivity index (χ1n) is 9.88. The maximum absolute atomic E-state index is 11.4. The van der Waals surface area contributed by atoms with Crippen LogP contribution in [0, 0.1) is 11.8 Å². The molecule has 0 amide bonds. The smallest absolute Gasteiger partial charge is 0.317 e. The summed E-state index contributed by atoms with van der Waals surface area (Å²) in [5.41, 5.74) is 0. The number of cyclic esters (lactones) is 2. The van der Waals surface area contributed by atoms with Crippen LogP contribution in [0.2, 0.25) is 0 Å². The molecule has 2 unspecified atom stereocenters. The molecule has 0 N–H and O–H groups in total. The van der Waals surface area contributed by atoms with Gasteiger partial charge in [-0.3, -0.25) is 9.59 Å². The Bertz CT molecular complexity index is 338. The second-order valence-electron chi connectivity index (χ2n) is 7.35. The zero-order valence-electron chi connectivity index (χ0n) is 15.3. The molecule has 23 heavy (non-hydrogen) atoms. The minimum atomic E-state index is -0.345. The quantitative estimate of drug-likeness (QED) is 0.230. The van der Waals surface area contributed by atoms with E-state index in [0.29, 0.717) is 6.42 Å². The van der Waals surface area contributed by atoms with Gasteiger partial charge in [0, 0.05) is 0 Å². The summed E-state index contributed by atoms with van der Waals surface area (Å²) in [4.78, 5) is 22.4. The SMILES string of the molecule is CCCCCCCCCCCC(C)CCCC1CC(=O)OC1=O. The van der Waals surface area contributed by atoms with Crippen molar-refractivity contribution >= 4 is 11.9 Å². The molecule has 0 radical (unpaired) electrons. The Hall–Kier alpha value is -0.860.